The van der Waals surface area contributed by atoms with Crippen LogP contribution < -0.4 is 0 Å². The molecule has 0 bridgehead atoms. The lowest BCUT2D eigenvalue weighted by molar-refractivity contribution is -0.0585. The van der Waals surface area contributed by atoms with Crippen LogP contribution in [0.5, 0.6) is 0 Å². The number of aliphatic hydroxyl groups is 1. The second-order valence-corrected chi connectivity index (χ2v) is 5.26. The summed E-state index contributed by atoms with van der Waals surface area (Å²) in [5.74, 6) is 1.18. The van der Waals surface area contributed by atoms with Gasteiger partial charge in [-0.2, -0.15) is 0 Å². The lowest BCUT2D eigenvalue weighted by Crippen LogP contribution is -2.43. The van der Waals surface area contributed by atoms with Gasteiger partial charge in [0.1, 0.15) is 5.72 Å². The largest absolute Gasteiger partial charge is 0.396 e. The summed E-state index contributed by atoms with van der Waals surface area (Å²) < 4.78 is 5.68. The van der Waals surface area contributed by atoms with E-state index in [0.29, 0.717) is 11.8 Å². The Morgan fingerprint density at radius 2 is 2.07 bits per heavy atom. The zero-order chi connectivity index (χ0) is 11.5. The molecule has 1 unspecified atom stereocenters. The lowest BCUT2D eigenvalue weighted by Gasteiger charge is -2.34. The Bertz CT molecular complexity index is 192. The van der Waals surface area contributed by atoms with E-state index in [0.717, 1.165) is 26.1 Å². The maximum absolute atomic E-state index is 9.04. The zero-order valence-electron chi connectivity index (χ0n) is 10.5. The van der Waals surface area contributed by atoms with Gasteiger partial charge in [0.05, 0.1) is 6.61 Å². The van der Waals surface area contributed by atoms with Crippen LogP contribution in [0.2, 0.25) is 0 Å². The van der Waals surface area contributed by atoms with Gasteiger partial charge in [-0.05, 0) is 32.1 Å². The van der Waals surface area contributed by atoms with Gasteiger partial charge in [-0.1, -0.05) is 13.8 Å². The Balaban J connectivity index is 2.50. The van der Waals surface area contributed by atoms with Crippen LogP contribution in [-0.4, -0.2) is 42.0 Å². The third-order valence-corrected chi connectivity index (χ3v) is 3.48. The molecule has 0 spiro atoms. The standard InChI is InChI=1S/C12H25NO2/c1-10(2)11(5-7-14)9-13-6-8-15-12(13,3)4/h10-11,14H,5-9H2,1-4H3. The molecular weight excluding hydrogens is 190 g/mol. The SMILES string of the molecule is CC(C)C(CCO)CN1CCOC1(C)C. The fraction of sp³-hybridized carbons (Fsp3) is 1.00. The van der Waals surface area contributed by atoms with Crippen molar-refractivity contribution in [2.24, 2.45) is 11.8 Å². The van der Waals surface area contributed by atoms with Crippen LogP contribution in [-0.2, 0) is 4.74 Å². The Hall–Kier alpha value is -0.120. The van der Waals surface area contributed by atoms with Crippen molar-refractivity contribution in [2.45, 2.75) is 39.8 Å². The van der Waals surface area contributed by atoms with Gasteiger partial charge in [0.25, 0.3) is 0 Å². The van der Waals surface area contributed by atoms with Crippen LogP contribution in [0.15, 0.2) is 0 Å². The monoisotopic (exact) mass is 215 g/mol. The van der Waals surface area contributed by atoms with E-state index in [9.17, 15) is 0 Å². The van der Waals surface area contributed by atoms with Crippen molar-refractivity contribution in [3.8, 4) is 0 Å². The molecule has 0 aliphatic carbocycles. The molecule has 1 heterocycles. The van der Waals surface area contributed by atoms with E-state index >= 15 is 0 Å². The minimum atomic E-state index is -0.122. The molecule has 1 saturated heterocycles. The first-order valence-electron chi connectivity index (χ1n) is 5.97. The maximum Gasteiger partial charge on any atom is 0.116 e. The van der Waals surface area contributed by atoms with Crippen molar-refractivity contribution in [2.75, 3.05) is 26.3 Å². The van der Waals surface area contributed by atoms with E-state index in [2.05, 4.69) is 32.6 Å². The first kappa shape index (κ1) is 12.9. The number of nitrogens with zero attached hydrogens (tertiary/aromatic N) is 1. The molecule has 0 radical (unpaired) electrons. The number of aliphatic hydroxyl groups excluding tert-OH is 1. The molecular formula is C12H25NO2. The molecule has 3 heteroatoms. The summed E-state index contributed by atoms with van der Waals surface area (Å²) in [4.78, 5) is 2.38. The van der Waals surface area contributed by atoms with Gasteiger partial charge in [0, 0.05) is 19.7 Å². The molecule has 0 aromatic heterocycles. The number of ether oxygens (including phenoxy) is 1. The van der Waals surface area contributed by atoms with Crippen LogP contribution in [0.25, 0.3) is 0 Å². The van der Waals surface area contributed by atoms with Crippen LogP contribution >= 0.6 is 0 Å². The van der Waals surface area contributed by atoms with Gasteiger partial charge in [-0.3, -0.25) is 4.90 Å². The van der Waals surface area contributed by atoms with Crippen LogP contribution in [0.1, 0.15) is 34.1 Å². The summed E-state index contributed by atoms with van der Waals surface area (Å²) in [5, 5.41) is 9.04. The first-order chi connectivity index (χ1) is 6.97. The second kappa shape index (κ2) is 5.28. The normalized spacial score (nSPS) is 23.6. The number of hydrogen-bond donors (Lipinski definition) is 1. The summed E-state index contributed by atoms with van der Waals surface area (Å²) in [5.41, 5.74) is -0.122. The molecule has 1 rings (SSSR count). The summed E-state index contributed by atoms with van der Waals surface area (Å²) >= 11 is 0. The number of rotatable bonds is 5. The van der Waals surface area contributed by atoms with Gasteiger partial charge in [-0.15, -0.1) is 0 Å². The van der Waals surface area contributed by atoms with E-state index in [1.165, 1.54) is 0 Å². The Morgan fingerprint density at radius 3 is 2.47 bits per heavy atom. The molecule has 0 aromatic carbocycles. The topological polar surface area (TPSA) is 32.7 Å². The van der Waals surface area contributed by atoms with E-state index < -0.39 is 0 Å². The first-order valence-corrected chi connectivity index (χ1v) is 5.97. The quantitative estimate of drug-likeness (QED) is 0.758. The van der Waals surface area contributed by atoms with E-state index in [1.54, 1.807) is 0 Å². The third kappa shape index (κ3) is 3.44. The fourth-order valence-electron chi connectivity index (χ4n) is 2.16. The Morgan fingerprint density at radius 1 is 1.40 bits per heavy atom. The van der Waals surface area contributed by atoms with Crippen molar-refractivity contribution < 1.29 is 9.84 Å². The summed E-state index contributed by atoms with van der Waals surface area (Å²) in [6.07, 6.45) is 0.893. The molecule has 1 atom stereocenters. The fourth-order valence-corrected chi connectivity index (χ4v) is 2.16. The van der Waals surface area contributed by atoms with E-state index in [1.807, 2.05) is 0 Å². The van der Waals surface area contributed by atoms with Gasteiger partial charge < -0.3 is 9.84 Å². The Labute approximate surface area is 93.4 Å². The molecule has 1 N–H and O–H groups in total. The van der Waals surface area contributed by atoms with Gasteiger partial charge >= 0.3 is 0 Å². The molecule has 1 aliphatic rings. The van der Waals surface area contributed by atoms with Crippen molar-refractivity contribution in [1.29, 1.82) is 0 Å². The molecule has 1 fully saturated rings. The molecule has 3 nitrogen and oxygen atoms in total. The average Bonchev–Trinajstić information content (AvgIpc) is 2.45. The maximum atomic E-state index is 9.04. The van der Waals surface area contributed by atoms with Crippen molar-refractivity contribution in [3.63, 3.8) is 0 Å². The van der Waals surface area contributed by atoms with Gasteiger partial charge in [0.15, 0.2) is 0 Å². The molecule has 1 aliphatic heterocycles. The highest BCUT2D eigenvalue weighted by atomic mass is 16.5. The van der Waals surface area contributed by atoms with Crippen molar-refractivity contribution >= 4 is 0 Å². The minimum Gasteiger partial charge on any atom is -0.396 e. The van der Waals surface area contributed by atoms with Gasteiger partial charge in [0.2, 0.25) is 0 Å². The molecule has 15 heavy (non-hydrogen) atoms. The molecule has 0 saturated carbocycles. The van der Waals surface area contributed by atoms with Crippen LogP contribution in [0.3, 0.4) is 0 Å². The lowest BCUT2D eigenvalue weighted by atomic mass is 9.92. The highest BCUT2D eigenvalue weighted by molar-refractivity contribution is 4.80. The highest BCUT2D eigenvalue weighted by Gasteiger charge is 2.34. The Kier molecular flexibility index (Phi) is 4.56. The van der Waals surface area contributed by atoms with Crippen molar-refractivity contribution in [1.82, 2.24) is 4.90 Å². The predicted molar refractivity (Wildman–Crippen MR) is 61.6 cm³/mol. The molecule has 0 amide bonds. The summed E-state index contributed by atoms with van der Waals surface area (Å²) in [7, 11) is 0. The average molecular weight is 215 g/mol. The highest BCUT2D eigenvalue weighted by Crippen LogP contribution is 2.26. The van der Waals surface area contributed by atoms with Crippen molar-refractivity contribution in [3.05, 3.63) is 0 Å². The predicted octanol–water partition coefficient (Wildman–Crippen LogP) is 1.71. The smallest absolute Gasteiger partial charge is 0.116 e. The van der Waals surface area contributed by atoms with E-state index in [-0.39, 0.29) is 12.3 Å². The zero-order valence-corrected chi connectivity index (χ0v) is 10.5. The summed E-state index contributed by atoms with van der Waals surface area (Å²) in [6.45, 7) is 11.9. The number of hydrogen-bond acceptors (Lipinski definition) is 3. The van der Waals surface area contributed by atoms with Gasteiger partial charge in [-0.25, -0.2) is 0 Å². The third-order valence-electron chi connectivity index (χ3n) is 3.48. The minimum absolute atomic E-state index is 0.122. The molecule has 0 aromatic rings. The van der Waals surface area contributed by atoms with E-state index in [4.69, 9.17) is 9.84 Å². The van der Waals surface area contributed by atoms with Crippen LogP contribution in [0.4, 0.5) is 0 Å². The second-order valence-electron chi connectivity index (χ2n) is 5.26. The summed E-state index contributed by atoms with van der Waals surface area (Å²) in [6, 6.07) is 0. The van der Waals surface area contributed by atoms with Crippen LogP contribution in [0, 0.1) is 11.8 Å². The molecule has 90 valence electrons.